The van der Waals surface area contributed by atoms with Crippen molar-refractivity contribution in [2.45, 2.75) is 57.1 Å². The van der Waals surface area contributed by atoms with Gasteiger partial charge >= 0.3 is 0 Å². The van der Waals surface area contributed by atoms with E-state index in [2.05, 4.69) is 40.1 Å². The largest absolute Gasteiger partial charge is 0.371 e. The summed E-state index contributed by atoms with van der Waals surface area (Å²) in [6, 6.07) is 10.7. The van der Waals surface area contributed by atoms with Crippen LogP contribution in [0.25, 0.3) is 0 Å². The summed E-state index contributed by atoms with van der Waals surface area (Å²) in [6.07, 6.45) is 7.80. The Morgan fingerprint density at radius 1 is 1.08 bits per heavy atom. The summed E-state index contributed by atoms with van der Waals surface area (Å²) in [4.78, 5) is 17.5. The topological polar surface area (TPSA) is 32.8 Å². The highest BCUT2D eigenvalue weighted by atomic mass is 16.5. The zero-order valence-corrected chi connectivity index (χ0v) is 15.9. The lowest BCUT2D eigenvalue weighted by Gasteiger charge is -2.41. The van der Waals surface area contributed by atoms with E-state index in [0.29, 0.717) is 11.8 Å². The number of morpholine rings is 1. The molecule has 2 heterocycles. The third kappa shape index (κ3) is 4.29. The van der Waals surface area contributed by atoms with E-state index in [-0.39, 0.29) is 5.60 Å². The first kappa shape index (κ1) is 18.0. The molecular weight excluding hydrogens is 324 g/mol. The van der Waals surface area contributed by atoms with Gasteiger partial charge in [0, 0.05) is 26.1 Å². The first-order valence-electron chi connectivity index (χ1n) is 10.4. The van der Waals surface area contributed by atoms with E-state index in [9.17, 15) is 4.79 Å². The van der Waals surface area contributed by atoms with Gasteiger partial charge in [0.1, 0.15) is 0 Å². The molecule has 0 N–H and O–H groups in total. The maximum atomic E-state index is 12.8. The number of benzene rings is 1. The van der Waals surface area contributed by atoms with Crippen molar-refractivity contribution in [2.24, 2.45) is 5.92 Å². The summed E-state index contributed by atoms with van der Waals surface area (Å²) < 4.78 is 6.07. The summed E-state index contributed by atoms with van der Waals surface area (Å²) in [7, 11) is 0. The Morgan fingerprint density at radius 3 is 2.54 bits per heavy atom. The Bertz CT molecular complexity index is 589. The number of nitrogens with zero attached hydrogens (tertiary/aromatic N) is 2. The summed E-state index contributed by atoms with van der Waals surface area (Å²) in [5, 5.41) is 0. The molecule has 1 aliphatic carbocycles. The lowest BCUT2D eigenvalue weighted by atomic mass is 9.92. The standard InChI is InChI=1S/C22H32N2O2/c25-21(24-14-15-26-22(18-24)10-4-5-11-22)16-19-8-12-23(13-9-19)17-20-6-2-1-3-7-20/h1-3,6-7,19H,4-5,8-18H2. The van der Waals surface area contributed by atoms with Crippen LogP contribution in [0, 0.1) is 5.92 Å². The van der Waals surface area contributed by atoms with Crippen molar-refractivity contribution in [3.8, 4) is 0 Å². The molecule has 0 atom stereocenters. The number of amides is 1. The molecule has 4 heteroatoms. The van der Waals surface area contributed by atoms with Crippen LogP contribution in [-0.4, -0.2) is 54.1 Å². The first-order chi connectivity index (χ1) is 12.7. The van der Waals surface area contributed by atoms with Crippen molar-refractivity contribution in [3.63, 3.8) is 0 Å². The van der Waals surface area contributed by atoms with E-state index in [1.54, 1.807) is 0 Å². The van der Waals surface area contributed by atoms with Gasteiger partial charge in [0.2, 0.25) is 5.91 Å². The lowest BCUT2D eigenvalue weighted by molar-refractivity contribution is -0.151. The second-order valence-corrected chi connectivity index (χ2v) is 8.46. The number of piperidine rings is 1. The van der Waals surface area contributed by atoms with Crippen LogP contribution in [0.4, 0.5) is 0 Å². The van der Waals surface area contributed by atoms with Crippen LogP contribution in [0.1, 0.15) is 50.5 Å². The van der Waals surface area contributed by atoms with E-state index in [1.165, 1.54) is 18.4 Å². The zero-order valence-electron chi connectivity index (χ0n) is 15.9. The summed E-state index contributed by atoms with van der Waals surface area (Å²) in [5.74, 6) is 0.915. The third-order valence-corrected chi connectivity index (χ3v) is 6.54. The van der Waals surface area contributed by atoms with Gasteiger partial charge in [-0.15, -0.1) is 0 Å². The highest BCUT2D eigenvalue weighted by Gasteiger charge is 2.40. The predicted molar refractivity (Wildman–Crippen MR) is 103 cm³/mol. The van der Waals surface area contributed by atoms with Crippen LogP contribution in [0.15, 0.2) is 30.3 Å². The molecule has 0 bridgehead atoms. The van der Waals surface area contributed by atoms with Gasteiger partial charge in [-0.1, -0.05) is 43.2 Å². The van der Waals surface area contributed by atoms with Crippen molar-refractivity contribution in [3.05, 3.63) is 35.9 Å². The van der Waals surface area contributed by atoms with Gasteiger partial charge in [-0.2, -0.15) is 0 Å². The number of ether oxygens (including phenoxy) is 1. The molecule has 0 unspecified atom stereocenters. The van der Waals surface area contributed by atoms with Gasteiger partial charge in [0.25, 0.3) is 0 Å². The Balaban J connectivity index is 1.23. The maximum Gasteiger partial charge on any atom is 0.223 e. The molecule has 1 amide bonds. The van der Waals surface area contributed by atoms with Crippen molar-refractivity contribution >= 4 is 5.91 Å². The molecule has 26 heavy (non-hydrogen) atoms. The number of rotatable bonds is 4. The van der Waals surface area contributed by atoms with Crippen LogP contribution >= 0.6 is 0 Å². The fourth-order valence-corrected chi connectivity index (χ4v) is 4.95. The van der Waals surface area contributed by atoms with Crippen LogP contribution in [0.3, 0.4) is 0 Å². The molecule has 1 aromatic carbocycles. The highest BCUT2D eigenvalue weighted by molar-refractivity contribution is 5.76. The number of hydrogen-bond acceptors (Lipinski definition) is 3. The van der Waals surface area contributed by atoms with Crippen molar-refractivity contribution in [1.29, 1.82) is 0 Å². The van der Waals surface area contributed by atoms with Crippen LogP contribution in [-0.2, 0) is 16.1 Å². The van der Waals surface area contributed by atoms with Gasteiger partial charge in [0.15, 0.2) is 0 Å². The average molecular weight is 357 g/mol. The Labute approximate surface area is 157 Å². The average Bonchev–Trinajstić information content (AvgIpc) is 3.12. The minimum absolute atomic E-state index is 0.00699. The van der Waals surface area contributed by atoms with E-state index >= 15 is 0 Å². The summed E-state index contributed by atoms with van der Waals surface area (Å²) in [5.41, 5.74) is 1.38. The molecule has 4 nitrogen and oxygen atoms in total. The van der Waals surface area contributed by atoms with Crippen LogP contribution in [0.5, 0.6) is 0 Å². The van der Waals surface area contributed by atoms with Crippen LogP contribution < -0.4 is 0 Å². The predicted octanol–water partition coefficient (Wildman–Crippen LogP) is 3.46. The number of carbonyl (C=O) groups is 1. The molecule has 0 radical (unpaired) electrons. The first-order valence-corrected chi connectivity index (χ1v) is 10.4. The summed E-state index contributed by atoms with van der Waals surface area (Å²) >= 11 is 0. The molecule has 3 aliphatic rings. The van der Waals surface area contributed by atoms with Gasteiger partial charge in [-0.25, -0.2) is 0 Å². The Morgan fingerprint density at radius 2 is 1.81 bits per heavy atom. The normalized spacial score (nSPS) is 24.2. The molecule has 3 fully saturated rings. The SMILES string of the molecule is O=C(CC1CCN(Cc2ccccc2)CC1)N1CCOC2(CCCC2)C1. The van der Waals surface area contributed by atoms with Gasteiger partial charge in [-0.3, -0.25) is 9.69 Å². The summed E-state index contributed by atoms with van der Waals surface area (Å²) in [6.45, 7) is 5.60. The van der Waals surface area contributed by atoms with E-state index < -0.39 is 0 Å². The second-order valence-electron chi connectivity index (χ2n) is 8.46. The third-order valence-electron chi connectivity index (χ3n) is 6.54. The van der Waals surface area contributed by atoms with Gasteiger partial charge < -0.3 is 9.64 Å². The lowest BCUT2D eigenvalue weighted by Crippen LogP contribution is -2.52. The number of likely N-dealkylation sites (tertiary alicyclic amines) is 1. The smallest absolute Gasteiger partial charge is 0.223 e. The zero-order chi connectivity index (χ0) is 17.8. The molecule has 2 saturated heterocycles. The van der Waals surface area contributed by atoms with Crippen molar-refractivity contribution in [1.82, 2.24) is 9.80 Å². The minimum Gasteiger partial charge on any atom is -0.371 e. The second kappa shape index (κ2) is 8.10. The molecule has 1 aromatic rings. The monoisotopic (exact) mass is 356 g/mol. The molecule has 4 rings (SSSR count). The van der Waals surface area contributed by atoms with E-state index in [0.717, 1.165) is 71.4 Å². The minimum atomic E-state index is -0.00699. The molecule has 142 valence electrons. The fourth-order valence-electron chi connectivity index (χ4n) is 4.95. The Hall–Kier alpha value is -1.39. The fraction of sp³-hybridized carbons (Fsp3) is 0.682. The van der Waals surface area contributed by atoms with Crippen LogP contribution in [0.2, 0.25) is 0 Å². The van der Waals surface area contributed by atoms with E-state index in [1.807, 2.05) is 0 Å². The van der Waals surface area contributed by atoms with Crippen molar-refractivity contribution < 1.29 is 9.53 Å². The Kier molecular flexibility index (Phi) is 5.60. The highest BCUT2D eigenvalue weighted by Crippen LogP contribution is 2.36. The maximum absolute atomic E-state index is 12.8. The molecule has 0 aromatic heterocycles. The van der Waals surface area contributed by atoms with E-state index in [4.69, 9.17) is 4.74 Å². The van der Waals surface area contributed by atoms with Gasteiger partial charge in [0.05, 0.1) is 12.2 Å². The van der Waals surface area contributed by atoms with Gasteiger partial charge in [-0.05, 0) is 50.3 Å². The quantitative estimate of drug-likeness (QED) is 0.828. The molecule has 1 saturated carbocycles. The number of carbonyl (C=O) groups excluding carboxylic acids is 1. The molecular formula is C22H32N2O2. The van der Waals surface area contributed by atoms with Crippen molar-refractivity contribution in [2.75, 3.05) is 32.8 Å². The molecule has 1 spiro atoms. The molecule has 2 aliphatic heterocycles. The number of hydrogen-bond donors (Lipinski definition) is 0.